The highest BCUT2D eigenvalue weighted by molar-refractivity contribution is 7.91. The first-order valence-corrected chi connectivity index (χ1v) is 11.2. The number of benzene rings is 1. The molecule has 1 fully saturated rings. The molecule has 0 bridgehead atoms. The van der Waals surface area contributed by atoms with Crippen LogP contribution < -0.4 is 0 Å². The fourth-order valence-corrected chi connectivity index (χ4v) is 5.23. The molecule has 1 amide bonds. The molecule has 28 heavy (non-hydrogen) atoms. The van der Waals surface area contributed by atoms with Crippen molar-refractivity contribution >= 4 is 21.8 Å². The van der Waals surface area contributed by atoms with Crippen molar-refractivity contribution in [1.82, 2.24) is 14.7 Å². The van der Waals surface area contributed by atoms with Gasteiger partial charge in [0.2, 0.25) is 5.91 Å². The number of hydrogen-bond acceptors (Lipinski definition) is 4. The molecule has 1 aliphatic heterocycles. The molecule has 0 spiro atoms. The van der Waals surface area contributed by atoms with Crippen molar-refractivity contribution in [2.45, 2.75) is 39.8 Å². The van der Waals surface area contributed by atoms with Gasteiger partial charge < -0.3 is 4.90 Å². The summed E-state index contributed by atoms with van der Waals surface area (Å²) in [7, 11) is -1.21. The average Bonchev–Trinajstić information content (AvgIpc) is 3.14. The summed E-state index contributed by atoms with van der Waals surface area (Å²) in [4.78, 5) is 14.1. The van der Waals surface area contributed by atoms with Gasteiger partial charge in [0, 0.05) is 30.9 Å². The topological polar surface area (TPSA) is 72.3 Å². The number of rotatable bonds is 5. The van der Waals surface area contributed by atoms with Crippen molar-refractivity contribution in [3.63, 3.8) is 0 Å². The fraction of sp³-hybridized carbons (Fsp3) is 0.429. The lowest BCUT2D eigenvalue weighted by atomic mass is 10.1. The Morgan fingerprint density at radius 1 is 1.25 bits per heavy atom. The van der Waals surface area contributed by atoms with Gasteiger partial charge in [0.05, 0.1) is 23.2 Å². The molecule has 1 atom stereocenters. The normalized spacial score (nSPS) is 18.6. The first-order valence-electron chi connectivity index (χ1n) is 9.41. The molecular weight excluding hydrogens is 374 g/mol. The standard InChI is InChI=1S/C21H27N3O3S/c1-15-5-7-18(8-6-15)9-10-21(25)23(4)13-20-16(2)22-24(17(20)3)19-11-12-28(26,27)14-19/h5-10,19H,11-14H2,1-4H3/b10-9+/t19-/m0/s1. The van der Waals surface area contributed by atoms with E-state index in [1.807, 2.05) is 55.8 Å². The van der Waals surface area contributed by atoms with Crippen LogP contribution in [0, 0.1) is 20.8 Å². The quantitative estimate of drug-likeness (QED) is 0.722. The van der Waals surface area contributed by atoms with Crippen molar-refractivity contribution in [1.29, 1.82) is 0 Å². The Labute approximate surface area is 166 Å². The van der Waals surface area contributed by atoms with Gasteiger partial charge in [0.1, 0.15) is 0 Å². The third kappa shape index (κ3) is 4.52. The minimum Gasteiger partial charge on any atom is -0.338 e. The molecule has 0 saturated carbocycles. The van der Waals surface area contributed by atoms with Crippen LogP contribution in [0.25, 0.3) is 6.08 Å². The molecule has 1 aromatic heterocycles. The van der Waals surface area contributed by atoms with E-state index in [-0.39, 0.29) is 23.5 Å². The average molecular weight is 402 g/mol. The van der Waals surface area contributed by atoms with Crippen LogP contribution in [0.2, 0.25) is 0 Å². The summed E-state index contributed by atoms with van der Waals surface area (Å²) in [6, 6.07) is 7.87. The molecule has 1 aromatic carbocycles. The third-order valence-electron chi connectivity index (χ3n) is 5.30. The number of carbonyl (C=O) groups is 1. The van der Waals surface area contributed by atoms with Gasteiger partial charge in [-0.25, -0.2) is 8.42 Å². The Kier molecular flexibility index (Phi) is 5.74. The van der Waals surface area contributed by atoms with Gasteiger partial charge >= 0.3 is 0 Å². The van der Waals surface area contributed by atoms with Crippen LogP contribution >= 0.6 is 0 Å². The van der Waals surface area contributed by atoms with Gasteiger partial charge in [-0.2, -0.15) is 5.10 Å². The summed E-state index contributed by atoms with van der Waals surface area (Å²) in [6.45, 7) is 6.32. The Balaban J connectivity index is 1.70. The van der Waals surface area contributed by atoms with Gasteiger partial charge in [0.25, 0.3) is 0 Å². The molecule has 3 rings (SSSR count). The van der Waals surface area contributed by atoms with Crippen molar-refractivity contribution in [3.05, 3.63) is 58.4 Å². The first kappa shape index (κ1) is 20.3. The van der Waals surface area contributed by atoms with Crippen molar-refractivity contribution < 1.29 is 13.2 Å². The van der Waals surface area contributed by atoms with Crippen LogP contribution in [0.3, 0.4) is 0 Å². The SMILES string of the molecule is Cc1ccc(/C=C/C(=O)N(C)Cc2c(C)nn([C@H]3CCS(=O)(=O)C3)c2C)cc1. The number of sulfone groups is 1. The largest absolute Gasteiger partial charge is 0.338 e. The highest BCUT2D eigenvalue weighted by atomic mass is 32.2. The second-order valence-corrected chi connectivity index (χ2v) is 9.82. The van der Waals surface area contributed by atoms with Crippen LogP contribution in [-0.4, -0.2) is 47.6 Å². The highest BCUT2D eigenvalue weighted by Gasteiger charge is 2.31. The van der Waals surface area contributed by atoms with E-state index in [0.29, 0.717) is 13.0 Å². The number of hydrogen-bond donors (Lipinski definition) is 0. The molecule has 0 aliphatic carbocycles. The molecule has 2 aromatic rings. The number of nitrogens with zero attached hydrogens (tertiary/aromatic N) is 3. The zero-order chi connectivity index (χ0) is 20.5. The number of amides is 1. The molecule has 0 unspecified atom stereocenters. The van der Waals surface area contributed by atoms with Crippen molar-refractivity contribution in [2.75, 3.05) is 18.6 Å². The number of aromatic nitrogens is 2. The predicted molar refractivity (Wildman–Crippen MR) is 111 cm³/mol. The smallest absolute Gasteiger partial charge is 0.246 e. The molecular formula is C21H27N3O3S. The molecule has 2 heterocycles. The number of aryl methyl sites for hydroxylation is 2. The molecule has 0 radical (unpaired) electrons. The highest BCUT2D eigenvalue weighted by Crippen LogP contribution is 2.27. The molecule has 0 N–H and O–H groups in total. The number of likely N-dealkylation sites (N-methyl/N-ethyl adjacent to an activating group) is 1. The van der Waals surface area contributed by atoms with Gasteiger partial charge in [-0.1, -0.05) is 29.8 Å². The van der Waals surface area contributed by atoms with Gasteiger partial charge in [-0.05, 0) is 38.8 Å². The van der Waals surface area contributed by atoms with E-state index < -0.39 is 9.84 Å². The molecule has 150 valence electrons. The summed E-state index contributed by atoms with van der Waals surface area (Å²) in [5.74, 6) is 0.270. The fourth-order valence-electron chi connectivity index (χ4n) is 3.54. The van der Waals surface area contributed by atoms with Crippen LogP contribution in [0.1, 0.15) is 40.5 Å². The monoisotopic (exact) mass is 401 g/mol. The molecule has 1 saturated heterocycles. The maximum Gasteiger partial charge on any atom is 0.246 e. The van der Waals surface area contributed by atoms with Gasteiger partial charge in [-0.15, -0.1) is 0 Å². The summed E-state index contributed by atoms with van der Waals surface area (Å²) < 4.78 is 25.4. The maximum atomic E-state index is 12.5. The van der Waals surface area contributed by atoms with E-state index >= 15 is 0 Å². The first-order chi connectivity index (χ1) is 13.2. The van der Waals surface area contributed by atoms with Crippen LogP contribution in [0.4, 0.5) is 0 Å². The second kappa shape index (κ2) is 7.91. The van der Waals surface area contributed by atoms with Crippen LogP contribution in [-0.2, 0) is 21.2 Å². The van der Waals surface area contributed by atoms with Gasteiger partial charge in [-0.3, -0.25) is 9.48 Å². The summed E-state index contributed by atoms with van der Waals surface area (Å²) >= 11 is 0. The van der Waals surface area contributed by atoms with E-state index in [0.717, 1.165) is 22.5 Å². The van der Waals surface area contributed by atoms with E-state index in [1.165, 1.54) is 5.56 Å². The Morgan fingerprint density at radius 2 is 1.93 bits per heavy atom. The molecule has 7 heteroatoms. The Bertz CT molecular complexity index is 1000. The lowest BCUT2D eigenvalue weighted by Gasteiger charge is -2.16. The van der Waals surface area contributed by atoms with E-state index in [4.69, 9.17) is 0 Å². The third-order valence-corrected chi connectivity index (χ3v) is 7.05. The molecule has 1 aliphatic rings. The summed E-state index contributed by atoms with van der Waals surface area (Å²) in [6.07, 6.45) is 3.98. The summed E-state index contributed by atoms with van der Waals surface area (Å²) in [5.41, 5.74) is 4.91. The predicted octanol–water partition coefficient (Wildman–Crippen LogP) is 2.84. The van der Waals surface area contributed by atoms with Crippen LogP contribution in [0.5, 0.6) is 0 Å². The van der Waals surface area contributed by atoms with Crippen molar-refractivity contribution in [2.24, 2.45) is 0 Å². The lowest BCUT2D eigenvalue weighted by molar-refractivity contribution is -0.125. The number of carbonyl (C=O) groups excluding carboxylic acids is 1. The maximum absolute atomic E-state index is 12.5. The van der Waals surface area contributed by atoms with Gasteiger partial charge in [0.15, 0.2) is 9.84 Å². The minimum atomic E-state index is -2.97. The van der Waals surface area contributed by atoms with E-state index in [1.54, 1.807) is 18.0 Å². The van der Waals surface area contributed by atoms with E-state index in [2.05, 4.69) is 5.10 Å². The van der Waals surface area contributed by atoms with Crippen LogP contribution in [0.15, 0.2) is 30.3 Å². The second-order valence-electron chi connectivity index (χ2n) is 7.59. The zero-order valence-electron chi connectivity index (χ0n) is 16.8. The van der Waals surface area contributed by atoms with Crippen molar-refractivity contribution in [3.8, 4) is 0 Å². The summed E-state index contributed by atoms with van der Waals surface area (Å²) in [5, 5.41) is 4.57. The Morgan fingerprint density at radius 3 is 2.54 bits per heavy atom. The lowest BCUT2D eigenvalue weighted by Crippen LogP contribution is -2.24. The molecule has 6 nitrogen and oxygen atoms in total. The van der Waals surface area contributed by atoms with E-state index in [9.17, 15) is 13.2 Å². The Hall–Kier alpha value is -2.41. The zero-order valence-corrected chi connectivity index (χ0v) is 17.7. The minimum absolute atomic E-state index is 0.0874.